The van der Waals surface area contributed by atoms with Crippen molar-refractivity contribution in [1.82, 2.24) is 4.72 Å². The fraction of sp³-hybridized carbons (Fsp3) is 1.00. The summed E-state index contributed by atoms with van der Waals surface area (Å²) in [6.45, 7) is 12.0. The lowest BCUT2D eigenvalue weighted by Gasteiger charge is -2.63. The zero-order valence-electron chi connectivity index (χ0n) is 22.5. The molecule has 0 aromatic heterocycles. The highest BCUT2D eigenvalue weighted by Crippen LogP contribution is 2.89. The average Bonchev–Trinajstić information content (AvgIpc) is 3.40. The van der Waals surface area contributed by atoms with Crippen LogP contribution in [0.15, 0.2) is 0 Å². The molecule has 7 heteroatoms. The third kappa shape index (κ3) is 2.94. The van der Waals surface area contributed by atoms with E-state index in [4.69, 9.17) is 4.74 Å². The zero-order chi connectivity index (χ0) is 25.4. The van der Waals surface area contributed by atoms with Crippen LogP contribution in [0.25, 0.3) is 0 Å². The average molecular weight is 510 g/mol. The van der Waals surface area contributed by atoms with Crippen LogP contribution in [0.4, 0.5) is 0 Å². The minimum absolute atomic E-state index is 0.0158. The Balaban J connectivity index is 1.33. The Bertz CT molecular complexity index is 1010. The van der Waals surface area contributed by atoms with Crippen LogP contribution in [0.1, 0.15) is 86.0 Å². The molecule has 1 saturated heterocycles. The number of ether oxygens (including phenoxy) is 1. The maximum Gasteiger partial charge on any atom is 0.208 e. The maximum atomic E-state index is 12.1. The smallest absolute Gasteiger partial charge is 0.208 e. The van der Waals surface area contributed by atoms with Crippen molar-refractivity contribution >= 4 is 10.0 Å². The molecule has 4 unspecified atom stereocenters. The van der Waals surface area contributed by atoms with Gasteiger partial charge in [0.2, 0.25) is 10.0 Å². The van der Waals surface area contributed by atoms with Gasteiger partial charge >= 0.3 is 0 Å². The van der Waals surface area contributed by atoms with Crippen molar-refractivity contribution in [1.29, 1.82) is 0 Å². The Hall–Kier alpha value is -0.210. The molecule has 6 rings (SSSR count). The van der Waals surface area contributed by atoms with Gasteiger partial charge in [0.25, 0.3) is 0 Å². The zero-order valence-corrected chi connectivity index (χ0v) is 23.3. The summed E-state index contributed by atoms with van der Waals surface area (Å²) in [6.07, 6.45) is 8.86. The monoisotopic (exact) mass is 509 g/mol. The summed E-state index contributed by atoms with van der Waals surface area (Å²) in [7, 11) is -3.28. The number of hydrogen-bond acceptors (Lipinski definition) is 5. The second-order valence-corrected chi connectivity index (χ2v) is 16.6. The number of aliphatic hydroxyl groups is 2. The molecule has 0 bridgehead atoms. The van der Waals surface area contributed by atoms with E-state index in [1.165, 1.54) is 19.1 Å². The second kappa shape index (κ2) is 7.25. The highest BCUT2D eigenvalue weighted by molar-refractivity contribution is 7.88. The molecule has 1 aliphatic heterocycles. The largest absolute Gasteiger partial charge is 0.393 e. The summed E-state index contributed by atoms with van der Waals surface area (Å²) in [4.78, 5) is 0. The standard InChI is InChI=1S/C28H47NO5S/c1-16-13-17(14-29-35(6,32)33)34-22-21(16)25(4)11-12-28-15-27(28)10-9-20(30)24(2,3)18(27)7-8-19(28)26(25,5)23(22)31/h16-23,29-31H,7-15H2,1-6H3/t16-,17?,18+,19?,20?,21+,22?,23+,25-,26-,27-,28+/m1/s1. The van der Waals surface area contributed by atoms with Crippen LogP contribution >= 0.6 is 0 Å². The minimum Gasteiger partial charge on any atom is -0.393 e. The summed E-state index contributed by atoms with van der Waals surface area (Å²) in [5, 5.41) is 23.0. The maximum absolute atomic E-state index is 12.1. The third-order valence-electron chi connectivity index (χ3n) is 13.4. The topological polar surface area (TPSA) is 95.9 Å². The first-order valence-corrected chi connectivity index (χ1v) is 16.0. The second-order valence-electron chi connectivity index (χ2n) is 14.8. The molecule has 12 atom stereocenters. The van der Waals surface area contributed by atoms with Crippen LogP contribution < -0.4 is 4.72 Å². The summed E-state index contributed by atoms with van der Waals surface area (Å²) >= 11 is 0. The Morgan fingerprint density at radius 3 is 2.31 bits per heavy atom. The number of fused-ring (bicyclic) bond motifs is 4. The van der Waals surface area contributed by atoms with Crippen molar-refractivity contribution in [3.05, 3.63) is 0 Å². The van der Waals surface area contributed by atoms with Gasteiger partial charge in [-0.3, -0.25) is 0 Å². The minimum atomic E-state index is -3.28. The van der Waals surface area contributed by atoms with E-state index in [2.05, 4.69) is 39.3 Å². The predicted octanol–water partition coefficient (Wildman–Crippen LogP) is 3.71. The van der Waals surface area contributed by atoms with Crippen LogP contribution in [0.2, 0.25) is 0 Å². The molecule has 3 N–H and O–H groups in total. The normalized spacial score (nSPS) is 58.4. The van der Waals surface area contributed by atoms with Crippen LogP contribution in [0.3, 0.4) is 0 Å². The van der Waals surface area contributed by atoms with Gasteiger partial charge in [-0.25, -0.2) is 13.1 Å². The molecule has 5 saturated carbocycles. The van der Waals surface area contributed by atoms with Gasteiger partial charge in [-0.2, -0.15) is 0 Å². The Labute approximate surface area is 212 Å². The third-order valence-corrected chi connectivity index (χ3v) is 14.1. The molecule has 6 nitrogen and oxygen atoms in total. The quantitative estimate of drug-likeness (QED) is 0.539. The fourth-order valence-electron chi connectivity index (χ4n) is 11.8. The Morgan fingerprint density at radius 2 is 1.63 bits per heavy atom. The Kier molecular flexibility index (Phi) is 5.20. The molecule has 6 aliphatic rings. The van der Waals surface area contributed by atoms with Crippen LogP contribution in [0.5, 0.6) is 0 Å². The van der Waals surface area contributed by atoms with Crippen molar-refractivity contribution in [2.24, 2.45) is 50.7 Å². The van der Waals surface area contributed by atoms with E-state index in [9.17, 15) is 18.6 Å². The number of sulfonamides is 1. The van der Waals surface area contributed by atoms with Gasteiger partial charge in [0.1, 0.15) is 0 Å². The molecule has 0 amide bonds. The molecule has 35 heavy (non-hydrogen) atoms. The van der Waals surface area contributed by atoms with Gasteiger partial charge in [-0.05, 0) is 96.7 Å². The van der Waals surface area contributed by atoms with Crippen molar-refractivity contribution in [3.8, 4) is 0 Å². The van der Waals surface area contributed by atoms with Crippen molar-refractivity contribution in [2.75, 3.05) is 12.8 Å². The predicted molar refractivity (Wildman–Crippen MR) is 135 cm³/mol. The molecule has 200 valence electrons. The van der Waals surface area contributed by atoms with Crippen LogP contribution in [0, 0.1) is 50.7 Å². The van der Waals surface area contributed by atoms with Crippen LogP contribution in [-0.4, -0.2) is 55.8 Å². The first kappa shape index (κ1) is 25.1. The summed E-state index contributed by atoms with van der Waals surface area (Å²) < 4.78 is 32.6. The molecule has 6 fully saturated rings. The Morgan fingerprint density at radius 1 is 0.971 bits per heavy atom. The lowest BCUT2D eigenvalue weighted by atomic mass is 9.41. The van der Waals surface area contributed by atoms with E-state index in [-0.39, 0.29) is 41.1 Å². The summed E-state index contributed by atoms with van der Waals surface area (Å²) in [5.74, 6) is 1.74. The number of aliphatic hydroxyl groups excluding tert-OH is 2. The van der Waals surface area contributed by atoms with E-state index in [1.54, 1.807) is 0 Å². The van der Waals surface area contributed by atoms with Gasteiger partial charge in [-0.1, -0.05) is 34.6 Å². The summed E-state index contributed by atoms with van der Waals surface area (Å²) in [6, 6.07) is 0. The van der Waals surface area contributed by atoms with Gasteiger partial charge in [0, 0.05) is 12.0 Å². The van der Waals surface area contributed by atoms with E-state index >= 15 is 0 Å². The number of hydrogen-bond donors (Lipinski definition) is 3. The fourth-order valence-corrected chi connectivity index (χ4v) is 12.3. The van der Waals surface area contributed by atoms with E-state index in [0.29, 0.717) is 34.5 Å². The molecule has 0 radical (unpaired) electrons. The lowest BCUT2D eigenvalue weighted by molar-refractivity contribution is -0.182. The summed E-state index contributed by atoms with van der Waals surface area (Å²) in [5.41, 5.74) is 0.417. The molecule has 5 aliphatic carbocycles. The molecular formula is C28H47NO5S. The highest BCUT2D eigenvalue weighted by Gasteiger charge is 2.84. The number of rotatable bonds is 3. The van der Waals surface area contributed by atoms with Crippen molar-refractivity contribution in [2.45, 2.75) is 110 Å². The number of nitrogens with one attached hydrogen (secondary N) is 1. The molecule has 1 heterocycles. The highest BCUT2D eigenvalue weighted by atomic mass is 32.2. The van der Waals surface area contributed by atoms with E-state index in [0.717, 1.165) is 38.5 Å². The first-order valence-electron chi connectivity index (χ1n) is 14.1. The van der Waals surface area contributed by atoms with Crippen LogP contribution in [-0.2, 0) is 14.8 Å². The lowest BCUT2D eigenvalue weighted by Crippen LogP contribution is -2.59. The van der Waals surface area contributed by atoms with Gasteiger partial charge in [-0.15, -0.1) is 0 Å². The van der Waals surface area contributed by atoms with E-state index in [1.807, 2.05) is 0 Å². The van der Waals surface area contributed by atoms with E-state index < -0.39 is 16.1 Å². The van der Waals surface area contributed by atoms with Gasteiger partial charge < -0.3 is 14.9 Å². The van der Waals surface area contributed by atoms with Crippen molar-refractivity contribution in [3.63, 3.8) is 0 Å². The molecule has 0 aromatic carbocycles. The van der Waals surface area contributed by atoms with Gasteiger partial charge in [0.05, 0.1) is 30.7 Å². The molecule has 2 spiro atoms. The molecule has 0 aromatic rings. The first-order chi connectivity index (χ1) is 16.1. The van der Waals surface area contributed by atoms with Crippen molar-refractivity contribution < 1.29 is 23.4 Å². The molecular weight excluding hydrogens is 462 g/mol. The SMILES string of the molecule is C[C@@H]1CC(CNS(C)(=O)=O)OC2[C@H]1[C@@]1(C)CC[C@@]34C[C@@]35CCC(O)C(C)(C)[C@@H]5CCC4[C@]1(C)[C@H]2O. The van der Waals surface area contributed by atoms with Gasteiger partial charge in [0.15, 0.2) is 0 Å².